The van der Waals surface area contributed by atoms with Gasteiger partial charge in [0.25, 0.3) is 5.91 Å². The van der Waals surface area contributed by atoms with E-state index in [0.29, 0.717) is 21.4 Å². The number of halogens is 1. The van der Waals surface area contributed by atoms with Gasteiger partial charge in [-0.1, -0.05) is 11.6 Å². The second-order valence-electron chi connectivity index (χ2n) is 4.52. The number of carbonyl (C=O) groups is 1. The molecule has 0 bridgehead atoms. The van der Waals surface area contributed by atoms with Crippen LogP contribution in [0.2, 0.25) is 5.02 Å². The molecule has 0 atom stereocenters. The summed E-state index contributed by atoms with van der Waals surface area (Å²) < 4.78 is 1.55. The predicted molar refractivity (Wildman–Crippen MR) is 86.6 cm³/mol. The lowest BCUT2D eigenvalue weighted by Crippen LogP contribution is -2.12. The van der Waals surface area contributed by atoms with E-state index in [2.05, 4.69) is 25.8 Å². The van der Waals surface area contributed by atoms with Crippen LogP contribution in [-0.4, -0.2) is 31.1 Å². The summed E-state index contributed by atoms with van der Waals surface area (Å²) in [5.41, 5.74) is 1.04. The van der Waals surface area contributed by atoms with Crippen molar-refractivity contribution in [2.24, 2.45) is 7.05 Å². The normalized spacial score (nSPS) is 10.5. The van der Waals surface area contributed by atoms with Crippen LogP contribution in [0.25, 0.3) is 0 Å². The number of pyridine rings is 1. The van der Waals surface area contributed by atoms with E-state index in [0.717, 1.165) is 4.90 Å². The molecule has 0 aliphatic carbocycles. The minimum atomic E-state index is -0.265. The number of aromatic nitrogens is 5. The third-order valence-electron chi connectivity index (χ3n) is 2.90. The van der Waals surface area contributed by atoms with Crippen LogP contribution in [0, 0.1) is 0 Å². The Morgan fingerprint density at radius 1 is 1.35 bits per heavy atom. The van der Waals surface area contributed by atoms with Crippen LogP contribution in [-0.2, 0) is 7.05 Å². The lowest BCUT2D eigenvalue weighted by molar-refractivity contribution is 0.102. The molecule has 7 nitrogen and oxygen atoms in total. The van der Waals surface area contributed by atoms with Gasteiger partial charge >= 0.3 is 0 Å². The molecule has 3 rings (SSSR count). The van der Waals surface area contributed by atoms with E-state index in [9.17, 15) is 4.79 Å². The van der Waals surface area contributed by atoms with Gasteiger partial charge in [-0.05, 0) is 52.5 Å². The molecule has 0 spiro atoms. The molecule has 0 unspecified atom stereocenters. The van der Waals surface area contributed by atoms with Gasteiger partial charge in [0.1, 0.15) is 0 Å². The third kappa shape index (κ3) is 3.66. The van der Waals surface area contributed by atoms with Gasteiger partial charge < -0.3 is 5.32 Å². The summed E-state index contributed by atoms with van der Waals surface area (Å²) in [6.07, 6.45) is 3.11. The molecular weight excluding hydrogens is 336 g/mol. The SMILES string of the molecule is Cn1nnnc1Sc1ccc(Cl)cc1NC(=O)c1cccnc1. The first-order valence-corrected chi connectivity index (χ1v) is 7.74. The van der Waals surface area contributed by atoms with Gasteiger partial charge in [-0.15, -0.1) is 5.10 Å². The number of benzene rings is 1. The second-order valence-corrected chi connectivity index (χ2v) is 5.97. The maximum atomic E-state index is 12.3. The molecule has 1 N–H and O–H groups in total. The Morgan fingerprint density at radius 3 is 2.91 bits per heavy atom. The van der Waals surface area contributed by atoms with E-state index < -0.39 is 0 Å². The zero-order chi connectivity index (χ0) is 16.2. The average Bonchev–Trinajstić information content (AvgIpc) is 2.96. The molecule has 2 heterocycles. The fourth-order valence-corrected chi connectivity index (χ4v) is 2.76. The summed E-state index contributed by atoms with van der Waals surface area (Å²) in [7, 11) is 1.74. The first-order valence-electron chi connectivity index (χ1n) is 6.54. The summed E-state index contributed by atoms with van der Waals surface area (Å²) in [4.78, 5) is 17.0. The molecule has 1 amide bonds. The van der Waals surface area contributed by atoms with Crippen LogP contribution in [0.5, 0.6) is 0 Å². The second kappa shape index (κ2) is 6.76. The number of hydrogen-bond donors (Lipinski definition) is 1. The maximum Gasteiger partial charge on any atom is 0.257 e. The van der Waals surface area contributed by atoms with Gasteiger partial charge in [-0.3, -0.25) is 9.78 Å². The van der Waals surface area contributed by atoms with Crippen molar-refractivity contribution in [1.29, 1.82) is 0 Å². The van der Waals surface area contributed by atoms with E-state index in [1.54, 1.807) is 48.3 Å². The number of carbonyl (C=O) groups excluding carboxylic acids is 1. The number of hydrogen-bond acceptors (Lipinski definition) is 6. The number of anilines is 1. The molecule has 116 valence electrons. The smallest absolute Gasteiger partial charge is 0.257 e. The van der Waals surface area contributed by atoms with Crippen molar-refractivity contribution >= 4 is 35.0 Å². The molecule has 0 aliphatic heterocycles. The van der Waals surface area contributed by atoms with Crippen LogP contribution in [0.4, 0.5) is 5.69 Å². The Labute approximate surface area is 141 Å². The number of amides is 1. The van der Waals surface area contributed by atoms with E-state index in [1.165, 1.54) is 18.0 Å². The van der Waals surface area contributed by atoms with Crippen molar-refractivity contribution in [3.8, 4) is 0 Å². The minimum Gasteiger partial charge on any atom is -0.321 e. The monoisotopic (exact) mass is 346 g/mol. The van der Waals surface area contributed by atoms with Gasteiger partial charge in [-0.2, -0.15) is 0 Å². The highest BCUT2D eigenvalue weighted by Gasteiger charge is 2.13. The Hall–Kier alpha value is -2.45. The summed E-state index contributed by atoms with van der Waals surface area (Å²) in [5, 5.41) is 15.3. The number of tetrazole rings is 1. The first kappa shape index (κ1) is 15.4. The lowest BCUT2D eigenvalue weighted by Gasteiger charge is -2.10. The molecule has 0 saturated carbocycles. The van der Waals surface area contributed by atoms with E-state index >= 15 is 0 Å². The van der Waals surface area contributed by atoms with Crippen molar-refractivity contribution in [3.63, 3.8) is 0 Å². The Balaban J connectivity index is 1.87. The van der Waals surface area contributed by atoms with Gasteiger partial charge in [0.15, 0.2) is 0 Å². The third-order valence-corrected chi connectivity index (χ3v) is 4.24. The highest BCUT2D eigenvalue weighted by Crippen LogP contribution is 2.33. The highest BCUT2D eigenvalue weighted by molar-refractivity contribution is 7.99. The molecule has 1 aromatic carbocycles. The summed E-state index contributed by atoms with van der Waals surface area (Å²) >= 11 is 7.37. The van der Waals surface area contributed by atoms with Gasteiger partial charge in [0, 0.05) is 29.4 Å². The predicted octanol–water partition coefficient (Wildman–Crippen LogP) is 2.66. The molecule has 0 fully saturated rings. The standard InChI is InChI=1S/C14H11ClN6OS/c1-21-14(18-19-20-21)23-12-5-4-10(15)7-11(12)17-13(22)9-3-2-6-16-8-9/h2-8H,1H3,(H,17,22). The van der Waals surface area contributed by atoms with E-state index in [4.69, 9.17) is 11.6 Å². The zero-order valence-corrected chi connectivity index (χ0v) is 13.5. The largest absolute Gasteiger partial charge is 0.321 e. The average molecular weight is 347 g/mol. The molecule has 9 heteroatoms. The number of rotatable bonds is 4. The fraction of sp³-hybridized carbons (Fsp3) is 0.0714. The topological polar surface area (TPSA) is 85.6 Å². The number of nitrogens with zero attached hydrogens (tertiary/aromatic N) is 5. The fourth-order valence-electron chi connectivity index (χ4n) is 1.79. The first-order chi connectivity index (χ1) is 11.1. The van der Waals surface area contributed by atoms with Gasteiger partial charge in [-0.25, -0.2) is 4.68 Å². The maximum absolute atomic E-state index is 12.3. The molecular formula is C14H11ClN6OS. The molecule has 0 aliphatic rings. The van der Waals surface area contributed by atoms with Crippen LogP contribution in [0.15, 0.2) is 52.8 Å². The molecule has 2 aromatic heterocycles. The zero-order valence-electron chi connectivity index (χ0n) is 12.0. The van der Waals surface area contributed by atoms with Crippen LogP contribution in [0.1, 0.15) is 10.4 Å². The van der Waals surface area contributed by atoms with Crippen molar-refractivity contribution in [1.82, 2.24) is 25.2 Å². The Kier molecular flexibility index (Phi) is 4.54. The van der Waals surface area contributed by atoms with Crippen LogP contribution >= 0.6 is 23.4 Å². The molecule has 23 heavy (non-hydrogen) atoms. The van der Waals surface area contributed by atoms with E-state index in [-0.39, 0.29) is 5.91 Å². The van der Waals surface area contributed by atoms with Crippen LogP contribution < -0.4 is 5.32 Å². The summed E-state index contributed by atoms with van der Waals surface area (Å²) in [5.74, 6) is -0.265. The van der Waals surface area contributed by atoms with Crippen molar-refractivity contribution in [2.75, 3.05) is 5.32 Å². The highest BCUT2D eigenvalue weighted by atomic mass is 35.5. The van der Waals surface area contributed by atoms with Crippen LogP contribution in [0.3, 0.4) is 0 Å². The quantitative estimate of drug-likeness (QED) is 0.781. The molecule has 0 saturated heterocycles. The molecule has 3 aromatic rings. The minimum absolute atomic E-state index is 0.265. The van der Waals surface area contributed by atoms with Crippen molar-refractivity contribution < 1.29 is 4.79 Å². The number of nitrogens with one attached hydrogen (secondary N) is 1. The van der Waals surface area contributed by atoms with Crippen molar-refractivity contribution in [3.05, 3.63) is 53.3 Å². The Morgan fingerprint density at radius 2 is 2.22 bits per heavy atom. The van der Waals surface area contributed by atoms with Gasteiger partial charge in [0.2, 0.25) is 5.16 Å². The van der Waals surface area contributed by atoms with E-state index in [1.807, 2.05) is 0 Å². The summed E-state index contributed by atoms with van der Waals surface area (Å²) in [6.45, 7) is 0. The van der Waals surface area contributed by atoms with Gasteiger partial charge in [0.05, 0.1) is 11.3 Å². The molecule has 0 radical (unpaired) electrons. The summed E-state index contributed by atoms with van der Waals surface area (Å²) in [6, 6.07) is 8.62. The Bertz CT molecular complexity index is 838. The van der Waals surface area contributed by atoms with Crippen molar-refractivity contribution in [2.45, 2.75) is 10.1 Å². The lowest BCUT2D eigenvalue weighted by atomic mass is 10.2. The number of aryl methyl sites for hydroxylation is 1.